The Bertz CT molecular complexity index is 654. The molecule has 5 nitrogen and oxygen atoms in total. The maximum Gasteiger partial charge on any atom is 0.196 e. The van der Waals surface area contributed by atoms with Crippen molar-refractivity contribution in [2.75, 3.05) is 0 Å². The smallest absolute Gasteiger partial charge is 0.196 e. The minimum absolute atomic E-state index is 0.222. The van der Waals surface area contributed by atoms with Gasteiger partial charge in [0.1, 0.15) is 6.33 Å². The Morgan fingerprint density at radius 2 is 2.12 bits per heavy atom. The van der Waals surface area contributed by atoms with E-state index in [4.69, 9.17) is 0 Å². The van der Waals surface area contributed by atoms with E-state index < -0.39 is 5.82 Å². The van der Waals surface area contributed by atoms with Gasteiger partial charge in [-0.2, -0.15) is 0 Å². The summed E-state index contributed by atoms with van der Waals surface area (Å²) in [7, 11) is 1.87. The Kier molecular flexibility index (Phi) is 1.76. The van der Waals surface area contributed by atoms with E-state index >= 15 is 0 Å². The second-order valence-electron chi connectivity index (χ2n) is 3.56. The van der Waals surface area contributed by atoms with Crippen LogP contribution in [0.25, 0.3) is 16.9 Å². The molecule has 6 heteroatoms. The molecule has 0 bridgehead atoms. The summed E-state index contributed by atoms with van der Waals surface area (Å²) in [6.45, 7) is 0. The first-order chi connectivity index (χ1) is 7.74. The highest BCUT2D eigenvalue weighted by Crippen LogP contribution is 2.19. The molecule has 0 aliphatic heterocycles. The summed E-state index contributed by atoms with van der Waals surface area (Å²) < 4.78 is 17.0. The van der Waals surface area contributed by atoms with E-state index in [9.17, 15) is 4.39 Å². The van der Waals surface area contributed by atoms with Gasteiger partial charge in [-0.25, -0.2) is 9.37 Å². The van der Waals surface area contributed by atoms with Crippen molar-refractivity contribution in [3.63, 3.8) is 0 Å². The molecule has 3 heterocycles. The fourth-order valence-corrected chi connectivity index (χ4v) is 1.60. The van der Waals surface area contributed by atoms with Crippen molar-refractivity contribution in [3.8, 4) is 11.3 Å². The van der Waals surface area contributed by atoms with Crippen LogP contribution in [0.1, 0.15) is 0 Å². The molecule has 3 aromatic heterocycles. The van der Waals surface area contributed by atoms with E-state index in [0.717, 1.165) is 5.69 Å². The molecule has 0 spiro atoms. The monoisotopic (exact) mass is 217 g/mol. The minimum atomic E-state index is -0.402. The van der Waals surface area contributed by atoms with E-state index in [1.165, 1.54) is 12.4 Å². The molecular formula is C10H8FN5. The fraction of sp³-hybridized carbons (Fsp3) is 0.100. The molecule has 0 atom stereocenters. The van der Waals surface area contributed by atoms with Gasteiger partial charge in [0, 0.05) is 25.0 Å². The Hall–Kier alpha value is -2.24. The predicted molar refractivity (Wildman–Crippen MR) is 55.1 cm³/mol. The van der Waals surface area contributed by atoms with Crippen LogP contribution in [0.15, 0.2) is 31.1 Å². The third-order valence-electron chi connectivity index (χ3n) is 2.35. The van der Waals surface area contributed by atoms with Crippen molar-refractivity contribution in [1.29, 1.82) is 0 Å². The van der Waals surface area contributed by atoms with Crippen molar-refractivity contribution < 1.29 is 4.39 Å². The van der Waals surface area contributed by atoms with E-state index in [-0.39, 0.29) is 5.65 Å². The maximum absolute atomic E-state index is 13.6. The molecule has 0 amide bonds. The number of pyridine rings is 1. The molecule has 80 valence electrons. The van der Waals surface area contributed by atoms with Gasteiger partial charge in [0.15, 0.2) is 11.5 Å². The molecule has 0 saturated carbocycles. The average Bonchev–Trinajstić information content (AvgIpc) is 2.85. The quantitative estimate of drug-likeness (QED) is 0.616. The van der Waals surface area contributed by atoms with Crippen LogP contribution in [-0.4, -0.2) is 24.1 Å². The van der Waals surface area contributed by atoms with Gasteiger partial charge in [0.05, 0.1) is 12.0 Å². The van der Waals surface area contributed by atoms with Gasteiger partial charge in [-0.15, -0.1) is 10.2 Å². The number of hydrogen-bond donors (Lipinski definition) is 0. The lowest BCUT2D eigenvalue weighted by Crippen LogP contribution is -1.90. The number of aryl methyl sites for hydroxylation is 1. The Labute approximate surface area is 90.2 Å². The molecule has 0 unspecified atom stereocenters. The number of halogens is 1. The zero-order valence-electron chi connectivity index (χ0n) is 8.50. The molecule has 0 aromatic carbocycles. The van der Waals surface area contributed by atoms with Crippen molar-refractivity contribution in [1.82, 2.24) is 24.1 Å². The minimum Gasteiger partial charge on any atom is -0.340 e. The average molecular weight is 217 g/mol. The summed E-state index contributed by atoms with van der Waals surface area (Å²) in [5.74, 6) is -0.402. The first-order valence-electron chi connectivity index (χ1n) is 4.71. The van der Waals surface area contributed by atoms with Gasteiger partial charge in [-0.05, 0) is 6.07 Å². The third-order valence-corrected chi connectivity index (χ3v) is 2.35. The number of imidazole rings is 1. The molecule has 0 radical (unpaired) electrons. The zero-order chi connectivity index (χ0) is 11.1. The Morgan fingerprint density at radius 1 is 1.25 bits per heavy atom. The summed E-state index contributed by atoms with van der Waals surface area (Å²) >= 11 is 0. The lowest BCUT2D eigenvalue weighted by molar-refractivity contribution is 0.630. The predicted octanol–water partition coefficient (Wildman–Crippen LogP) is 1.27. The second kappa shape index (κ2) is 3.13. The molecule has 3 rings (SSSR count). The number of fused-ring (bicyclic) bond motifs is 1. The third kappa shape index (κ3) is 1.27. The molecule has 0 aliphatic carbocycles. The van der Waals surface area contributed by atoms with Gasteiger partial charge >= 0.3 is 0 Å². The second-order valence-corrected chi connectivity index (χ2v) is 3.56. The lowest BCUT2D eigenvalue weighted by atomic mass is 10.2. The molecule has 0 saturated heterocycles. The van der Waals surface area contributed by atoms with Crippen LogP contribution in [-0.2, 0) is 7.05 Å². The molecule has 0 N–H and O–H groups in total. The van der Waals surface area contributed by atoms with Crippen molar-refractivity contribution >= 4 is 5.65 Å². The van der Waals surface area contributed by atoms with Crippen molar-refractivity contribution in [2.24, 2.45) is 7.05 Å². The first kappa shape index (κ1) is 9.02. The number of nitrogens with zero attached hydrogens (tertiary/aromatic N) is 5. The molecule has 3 aromatic rings. The highest BCUT2D eigenvalue weighted by atomic mass is 19.1. The highest BCUT2D eigenvalue weighted by molar-refractivity contribution is 5.60. The normalized spacial score (nSPS) is 11.1. The highest BCUT2D eigenvalue weighted by Gasteiger charge is 2.08. The number of aromatic nitrogens is 5. The standard InChI is InChI=1S/C10H8FN5/c1-15-4-9(12-5-15)7-2-8(11)10-14-13-6-16(10)3-7/h2-6H,1H3. The van der Waals surface area contributed by atoms with E-state index in [0.29, 0.717) is 5.56 Å². The van der Waals surface area contributed by atoms with Crippen molar-refractivity contribution in [2.45, 2.75) is 0 Å². The summed E-state index contributed by atoms with van der Waals surface area (Å²) in [5.41, 5.74) is 1.64. The Balaban J connectivity index is 2.24. The van der Waals surface area contributed by atoms with Crippen LogP contribution in [0.4, 0.5) is 4.39 Å². The summed E-state index contributed by atoms with van der Waals surface area (Å²) in [6, 6.07) is 1.41. The molecule has 0 aliphatic rings. The van der Waals surface area contributed by atoms with Gasteiger partial charge in [0.2, 0.25) is 0 Å². The summed E-state index contributed by atoms with van der Waals surface area (Å²) in [4.78, 5) is 4.16. The summed E-state index contributed by atoms with van der Waals surface area (Å²) in [6.07, 6.45) is 6.71. The zero-order valence-corrected chi connectivity index (χ0v) is 8.50. The summed E-state index contributed by atoms with van der Waals surface area (Å²) in [5, 5.41) is 7.32. The van der Waals surface area contributed by atoms with Crippen LogP contribution < -0.4 is 0 Å². The van der Waals surface area contributed by atoms with Crippen LogP contribution in [0.5, 0.6) is 0 Å². The SMILES string of the molecule is Cn1cnc(-c2cc(F)c3nncn3c2)c1. The first-order valence-corrected chi connectivity index (χ1v) is 4.71. The van der Waals surface area contributed by atoms with Gasteiger partial charge in [0.25, 0.3) is 0 Å². The fourth-order valence-electron chi connectivity index (χ4n) is 1.60. The Morgan fingerprint density at radius 3 is 2.88 bits per heavy atom. The van der Waals surface area contributed by atoms with E-state index in [1.54, 1.807) is 16.9 Å². The largest absolute Gasteiger partial charge is 0.340 e. The van der Waals surface area contributed by atoms with Gasteiger partial charge < -0.3 is 4.57 Å². The van der Waals surface area contributed by atoms with Crippen LogP contribution >= 0.6 is 0 Å². The van der Waals surface area contributed by atoms with Gasteiger partial charge in [-0.1, -0.05) is 0 Å². The molecule has 16 heavy (non-hydrogen) atoms. The van der Waals surface area contributed by atoms with Crippen LogP contribution in [0, 0.1) is 5.82 Å². The van der Waals surface area contributed by atoms with Gasteiger partial charge in [-0.3, -0.25) is 4.40 Å². The molecule has 0 fully saturated rings. The molecular weight excluding hydrogens is 209 g/mol. The topological polar surface area (TPSA) is 48.0 Å². The van der Waals surface area contributed by atoms with Crippen LogP contribution in [0.2, 0.25) is 0 Å². The number of rotatable bonds is 1. The maximum atomic E-state index is 13.6. The van der Waals surface area contributed by atoms with E-state index in [1.807, 2.05) is 17.8 Å². The van der Waals surface area contributed by atoms with Crippen LogP contribution in [0.3, 0.4) is 0 Å². The van der Waals surface area contributed by atoms with E-state index in [2.05, 4.69) is 15.2 Å². The number of hydrogen-bond acceptors (Lipinski definition) is 3. The lowest BCUT2D eigenvalue weighted by Gasteiger charge is -1.99. The van der Waals surface area contributed by atoms with Crippen molar-refractivity contribution in [3.05, 3.63) is 36.9 Å².